The zero-order valence-corrected chi connectivity index (χ0v) is 14.9. The van der Waals surface area contributed by atoms with Gasteiger partial charge in [-0.1, -0.05) is 18.2 Å². The lowest BCUT2D eigenvalue weighted by Crippen LogP contribution is -2.30. The lowest BCUT2D eigenvalue weighted by Gasteiger charge is -2.13. The molecule has 0 aliphatic heterocycles. The summed E-state index contributed by atoms with van der Waals surface area (Å²) in [6.45, 7) is 7.00. The van der Waals surface area contributed by atoms with Crippen LogP contribution in [-0.2, 0) is 6.54 Å². The van der Waals surface area contributed by atoms with Gasteiger partial charge in [-0.25, -0.2) is 4.68 Å². The number of rotatable bonds is 7. The summed E-state index contributed by atoms with van der Waals surface area (Å²) >= 11 is 5.28. The van der Waals surface area contributed by atoms with Gasteiger partial charge in [0.15, 0.2) is 16.6 Å². The highest BCUT2D eigenvalue weighted by molar-refractivity contribution is 7.80. The molecule has 6 nitrogen and oxygen atoms in total. The number of thiocarbonyl (C=S) groups is 1. The van der Waals surface area contributed by atoms with Crippen LogP contribution >= 0.6 is 12.2 Å². The molecule has 0 unspecified atom stereocenters. The van der Waals surface area contributed by atoms with Crippen LogP contribution in [0.25, 0.3) is 0 Å². The molecule has 128 valence electrons. The van der Waals surface area contributed by atoms with E-state index in [1.807, 2.05) is 35.9 Å². The Bertz CT molecular complexity index is 727. The first-order chi connectivity index (χ1) is 11.5. The Morgan fingerprint density at radius 3 is 2.67 bits per heavy atom. The van der Waals surface area contributed by atoms with Crippen LogP contribution in [0.15, 0.2) is 42.6 Å². The Hall–Kier alpha value is -2.54. The third-order valence-corrected chi connectivity index (χ3v) is 3.54. The van der Waals surface area contributed by atoms with Gasteiger partial charge >= 0.3 is 0 Å². The highest BCUT2D eigenvalue weighted by Gasteiger charge is 2.08. The molecular formula is C17H22N4O2S. The molecule has 0 fully saturated rings. The SMILES string of the molecule is C=C(C)CNC(=S)Nc1ccnn1Cc1ccc(OC)c(OC)c1. The van der Waals surface area contributed by atoms with Crippen molar-refractivity contribution in [3.63, 3.8) is 0 Å². The fourth-order valence-electron chi connectivity index (χ4n) is 2.11. The molecule has 0 aliphatic rings. The molecule has 0 radical (unpaired) electrons. The van der Waals surface area contributed by atoms with E-state index in [-0.39, 0.29) is 0 Å². The first-order valence-electron chi connectivity index (χ1n) is 7.45. The summed E-state index contributed by atoms with van der Waals surface area (Å²) < 4.78 is 12.4. The van der Waals surface area contributed by atoms with Crippen molar-refractivity contribution in [1.29, 1.82) is 0 Å². The molecule has 2 N–H and O–H groups in total. The van der Waals surface area contributed by atoms with Gasteiger partial charge in [0.1, 0.15) is 5.82 Å². The van der Waals surface area contributed by atoms with Crippen LogP contribution in [0.2, 0.25) is 0 Å². The number of methoxy groups -OCH3 is 2. The average Bonchev–Trinajstić information content (AvgIpc) is 2.99. The van der Waals surface area contributed by atoms with Crippen molar-refractivity contribution in [3.05, 3.63) is 48.2 Å². The molecule has 1 aromatic heterocycles. The zero-order valence-electron chi connectivity index (χ0n) is 14.1. The van der Waals surface area contributed by atoms with Crippen molar-refractivity contribution in [2.75, 3.05) is 26.1 Å². The summed E-state index contributed by atoms with van der Waals surface area (Å²) in [5.41, 5.74) is 2.05. The molecule has 0 aliphatic carbocycles. The number of ether oxygens (including phenoxy) is 2. The van der Waals surface area contributed by atoms with Crippen LogP contribution in [0.4, 0.5) is 5.82 Å². The third-order valence-electron chi connectivity index (χ3n) is 3.29. The van der Waals surface area contributed by atoms with E-state index < -0.39 is 0 Å². The first-order valence-corrected chi connectivity index (χ1v) is 7.86. The first kappa shape index (κ1) is 17.8. The number of nitrogens with zero attached hydrogens (tertiary/aromatic N) is 2. The summed E-state index contributed by atoms with van der Waals surface area (Å²) in [5, 5.41) is 11.1. The molecule has 24 heavy (non-hydrogen) atoms. The molecule has 0 spiro atoms. The van der Waals surface area contributed by atoms with Crippen LogP contribution in [-0.4, -0.2) is 35.7 Å². The molecular weight excluding hydrogens is 324 g/mol. The van der Waals surface area contributed by atoms with Gasteiger partial charge in [-0.05, 0) is 36.8 Å². The van der Waals surface area contributed by atoms with Crippen LogP contribution in [0.5, 0.6) is 11.5 Å². The van der Waals surface area contributed by atoms with Crippen molar-refractivity contribution >= 4 is 23.1 Å². The van der Waals surface area contributed by atoms with Crippen molar-refractivity contribution in [3.8, 4) is 11.5 Å². The van der Waals surface area contributed by atoms with Crippen LogP contribution in [0.3, 0.4) is 0 Å². The zero-order chi connectivity index (χ0) is 17.5. The number of aromatic nitrogens is 2. The van der Waals surface area contributed by atoms with E-state index in [0.29, 0.717) is 29.7 Å². The van der Waals surface area contributed by atoms with Gasteiger partial charge in [0.2, 0.25) is 0 Å². The van der Waals surface area contributed by atoms with Crippen molar-refractivity contribution < 1.29 is 9.47 Å². The molecule has 0 bridgehead atoms. The highest BCUT2D eigenvalue weighted by atomic mass is 32.1. The molecule has 1 aromatic carbocycles. The predicted octanol–water partition coefficient (Wildman–Crippen LogP) is 2.81. The fraction of sp³-hybridized carbons (Fsp3) is 0.294. The largest absolute Gasteiger partial charge is 0.493 e. The van der Waals surface area contributed by atoms with Gasteiger partial charge in [-0.3, -0.25) is 0 Å². The van der Waals surface area contributed by atoms with E-state index in [1.165, 1.54) is 0 Å². The van der Waals surface area contributed by atoms with E-state index in [9.17, 15) is 0 Å². The number of anilines is 1. The number of hydrogen-bond acceptors (Lipinski definition) is 4. The van der Waals surface area contributed by atoms with Crippen molar-refractivity contribution in [1.82, 2.24) is 15.1 Å². The maximum absolute atomic E-state index is 5.34. The van der Waals surface area contributed by atoms with Crippen molar-refractivity contribution in [2.24, 2.45) is 0 Å². The quantitative estimate of drug-likeness (QED) is 0.594. The second-order valence-electron chi connectivity index (χ2n) is 5.33. The molecule has 1 heterocycles. The normalized spacial score (nSPS) is 10.1. The van der Waals surface area contributed by atoms with Gasteiger partial charge in [0, 0.05) is 12.6 Å². The molecule has 0 saturated carbocycles. The fourth-order valence-corrected chi connectivity index (χ4v) is 2.29. The van der Waals surface area contributed by atoms with Gasteiger partial charge in [0.25, 0.3) is 0 Å². The summed E-state index contributed by atoms with van der Waals surface area (Å²) in [7, 11) is 3.24. The van der Waals surface area contributed by atoms with E-state index in [2.05, 4.69) is 22.3 Å². The summed E-state index contributed by atoms with van der Waals surface area (Å²) in [6.07, 6.45) is 1.73. The van der Waals surface area contributed by atoms with E-state index in [0.717, 1.165) is 17.0 Å². The topological polar surface area (TPSA) is 60.3 Å². The van der Waals surface area contributed by atoms with Gasteiger partial charge in [-0.15, -0.1) is 0 Å². The standard InChI is InChI=1S/C17H22N4O2S/c1-12(2)10-18-17(24)20-16-7-8-19-21(16)11-13-5-6-14(22-3)15(9-13)23-4/h5-9H,1,10-11H2,2-4H3,(H2,18,20,24). The molecule has 2 rings (SSSR count). The third kappa shape index (κ3) is 4.73. The highest BCUT2D eigenvalue weighted by Crippen LogP contribution is 2.28. The van der Waals surface area contributed by atoms with Crippen LogP contribution < -0.4 is 20.1 Å². The maximum atomic E-state index is 5.34. The Morgan fingerprint density at radius 2 is 2.00 bits per heavy atom. The van der Waals surface area contributed by atoms with Crippen molar-refractivity contribution in [2.45, 2.75) is 13.5 Å². The molecule has 7 heteroatoms. The van der Waals surface area contributed by atoms with Crippen LogP contribution in [0, 0.1) is 0 Å². The summed E-state index contributed by atoms with van der Waals surface area (Å²) in [6, 6.07) is 7.66. The van der Waals surface area contributed by atoms with Crippen LogP contribution in [0.1, 0.15) is 12.5 Å². The molecule has 0 saturated heterocycles. The lowest BCUT2D eigenvalue weighted by atomic mass is 10.2. The Balaban J connectivity index is 2.08. The lowest BCUT2D eigenvalue weighted by molar-refractivity contribution is 0.354. The molecule has 2 aromatic rings. The monoisotopic (exact) mass is 346 g/mol. The van der Waals surface area contributed by atoms with E-state index in [4.69, 9.17) is 21.7 Å². The number of hydrogen-bond donors (Lipinski definition) is 2. The van der Waals surface area contributed by atoms with E-state index in [1.54, 1.807) is 20.4 Å². The molecule has 0 amide bonds. The summed E-state index contributed by atoms with van der Waals surface area (Å²) in [5.74, 6) is 2.20. The van der Waals surface area contributed by atoms with Gasteiger partial charge in [0.05, 0.1) is 27.0 Å². The number of nitrogens with one attached hydrogen (secondary N) is 2. The predicted molar refractivity (Wildman–Crippen MR) is 99.9 cm³/mol. The average molecular weight is 346 g/mol. The van der Waals surface area contributed by atoms with Gasteiger partial charge < -0.3 is 20.1 Å². The summed E-state index contributed by atoms with van der Waals surface area (Å²) in [4.78, 5) is 0. The minimum absolute atomic E-state index is 0.534. The minimum Gasteiger partial charge on any atom is -0.493 e. The second-order valence-corrected chi connectivity index (χ2v) is 5.74. The number of benzene rings is 1. The van der Waals surface area contributed by atoms with E-state index >= 15 is 0 Å². The Labute approximate surface area is 147 Å². The molecule has 0 atom stereocenters. The Morgan fingerprint density at radius 1 is 1.25 bits per heavy atom. The van der Waals surface area contributed by atoms with Gasteiger partial charge in [-0.2, -0.15) is 5.10 Å². The minimum atomic E-state index is 0.534. The second kappa shape index (κ2) is 8.35. The Kier molecular flexibility index (Phi) is 6.20. The smallest absolute Gasteiger partial charge is 0.172 e. The maximum Gasteiger partial charge on any atom is 0.172 e.